The van der Waals surface area contributed by atoms with Crippen molar-refractivity contribution in [1.82, 2.24) is 0 Å². The Hall–Kier alpha value is -3.46. The van der Waals surface area contributed by atoms with E-state index in [2.05, 4.69) is 0 Å². The van der Waals surface area contributed by atoms with Crippen LogP contribution in [0.4, 0.5) is 5.69 Å². The fourth-order valence-electron chi connectivity index (χ4n) is 4.47. The van der Waals surface area contributed by atoms with Gasteiger partial charge in [-0.25, -0.2) is 9.69 Å². The van der Waals surface area contributed by atoms with Crippen molar-refractivity contribution >= 4 is 35.2 Å². The van der Waals surface area contributed by atoms with Crippen LogP contribution in [0.15, 0.2) is 53.1 Å². The Kier molecular flexibility index (Phi) is 4.44. The van der Waals surface area contributed by atoms with Gasteiger partial charge in [0.25, 0.3) is 0 Å². The standard InChI is InChI=1S/C22H18N2O6S/c1-28-12-8-4-3-7-11(12)24-20(25)15-14-10-6-5-9-13(29-2)17(10)30-22(27)16(14)19(23)31-18(15)21(24)26/h3-9,14-15,18H,23H2,1-2H3/t14-,15-,18-/m1/s1. The summed E-state index contributed by atoms with van der Waals surface area (Å²) in [5.41, 5.74) is 7.37. The van der Waals surface area contributed by atoms with Gasteiger partial charge < -0.3 is 19.9 Å². The van der Waals surface area contributed by atoms with Gasteiger partial charge in [0, 0.05) is 11.5 Å². The number of methoxy groups -OCH3 is 2. The van der Waals surface area contributed by atoms with Crippen molar-refractivity contribution in [1.29, 1.82) is 0 Å². The smallest absolute Gasteiger partial charge is 0.342 e. The number of ether oxygens (including phenoxy) is 3. The summed E-state index contributed by atoms with van der Waals surface area (Å²) in [5.74, 6) is -1.95. The van der Waals surface area contributed by atoms with Crippen LogP contribution in [0.25, 0.3) is 0 Å². The molecule has 3 atom stereocenters. The molecule has 1 saturated heterocycles. The molecule has 0 radical (unpaired) electrons. The molecule has 31 heavy (non-hydrogen) atoms. The third-order valence-corrected chi connectivity index (χ3v) is 7.01. The van der Waals surface area contributed by atoms with E-state index in [0.717, 1.165) is 16.7 Å². The number of para-hydroxylation sites is 3. The monoisotopic (exact) mass is 438 g/mol. The molecule has 8 nitrogen and oxygen atoms in total. The topological polar surface area (TPSA) is 108 Å². The van der Waals surface area contributed by atoms with Crippen LogP contribution < -0.4 is 24.8 Å². The Bertz CT molecular complexity index is 1180. The molecule has 0 bridgehead atoms. The molecule has 2 aromatic carbocycles. The summed E-state index contributed by atoms with van der Waals surface area (Å²) in [6, 6.07) is 12.0. The predicted molar refractivity (Wildman–Crippen MR) is 113 cm³/mol. The first-order chi connectivity index (χ1) is 15.0. The third kappa shape index (κ3) is 2.66. The lowest BCUT2D eigenvalue weighted by Gasteiger charge is -2.36. The molecule has 3 aliphatic rings. The van der Waals surface area contributed by atoms with Crippen LogP contribution in [0, 0.1) is 5.92 Å². The quantitative estimate of drug-likeness (QED) is 0.441. The van der Waals surface area contributed by atoms with Crippen LogP contribution in [0.1, 0.15) is 11.5 Å². The summed E-state index contributed by atoms with van der Waals surface area (Å²) in [6.07, 6.45) is 0. The number of hydrogen-bond donors (Lipinski definition) is 1. The number of benzene rings is 2. The van der Waals surface area contributed by atoms with Gasteiger partial charge in [0.15, 0.2) is 11.5 Å². The Labute approximate surface area is 181 Å². The molecule has 2 N–H and O–H groups in total. The zero-order valence-corrected chi connectivity index (χ0v) is 17.5. The number of imide groups is 1. The Morgan fingerprint density at radius 3 is 2.42 bits per heavy atom. The molecule has 0 unspecified atom stereocenters. The van der Waals surface area contributed by atoms with Gasteiger partial charge in [0.2, 0.25) is 11.8 Å². The summed E-state index contributed by atoms with van der Waals surface area (Å²) in [7, 11) is 2.94. The molecule has 0 saturated carbocycles. The van der Waals surface area contributed by atoms with Crippen molar-refractivity contribution in [2.75, 3.05) is 19.1 Å². The van der Waals surface area contributed by atoms with Crippen molar-refractivity contribution < 1.29 is 28.6 Å². The van der Waals surface area contributed by atoms with Gasteiger partial charge in [-0.1, -0.05) is 36.0 Å². The van der Waals surface area contributed by atoms with Crippen molar-refractivity contribution in [2.24, 2.45) is 11.7 Å². The van der Waals surface area contributed by atoms with Crippen LogP contribution in [0.5, 0.6) is 17.2 Å². The van der Waals surface area contributed by atoms with E-state index in [1.165, 1.54) is 14.2 Å². The van der Waals surface area contributed by atoms with E-state index < -0.39 is 34.9 Å². The molecular formula is C22H18N2O6S. The summed E-state index contributed by atoms with van der Waals surface area (Å²) in [5, 5.41) is -0.580. The number of amides is 2. The highest BCUT2D eigenvalue weighted by Crippen LogP contribution is 2.56. The highest BCUT2D eigenvalue weighted by molar-refractivity contribution is 8.04. The number of carbonyl (C=O) groups excluding carboxylic acids is 3. The Morgan fingerprint density at radius 1 is 0.968 bits per heavy atom. The van der Waals surface area contributed by atoms with E-state index in [0.29, 0.717) is 22.7 Å². The zero-order valence-electron chi connectivity index (χ0n) is 16.7. The minimum Gasteiger partial charge on any atom is -0.495 e. The number of esters is 1. The first-order valence-corrected chi connectivity index (χ1v) is 10.4. The third-order valence-electron chi connectivity index (χ3n) is 5.79. The molecule has 2 amide bonds. The Balaban J connectivity index is 1.68. The van der Waals surface area contributed by atoms with Gasteiger partial charge in [0.1, 0.15) is 11.0 Å². The lowest BCUT2D eigenvalue weighted by Crippen LogP contribution is -2.39. The molecule has 1 fully saturated rings. The SMILES string of the molecule is COc1ccccc1N1C(=O)[C@@H]2[C@@H]3C(=C(N)S[C@H]2C1=O)C(=O)Oc1c(OC)cccc13. The number of thioether (sulfide) groups is 1. The van der Waals surface area contributed by atoms with E-state index in [-0.39, 0.29) is 16.4 Å². The zero-order chi connectivity index (χ0) is 21.9. The fourth-order valence-corrected chi connectivity index (χ4v) is 5.70. The lowest BCUT2D eigenvalue weighted by molar-refractivity contribution is -0.132. The maximum absolute atomic E-state index is 13.6. The summed E-state index contributed by atoms with van der Waals surface area (Å²) >= 11 is 1.03. The van der Waals surface area contributed by atoms with Gasteiger partial charge in [0.05, 0.1) is 36.4 Å². The summed E-state index contributed by atoms with van der Waals surface area (Å²) < 4.78 is 16.2. The Morgan fingerprint density at radius 2 is 1.68 bits per heavy atom. The van der Waals surface area contributed by atoms with Crippen LogP contribution in [0.2, 0.25) is 0 Å². The molecule has 9 heteroatoms. The summed E-state index contributed by atoms with van der Waals surface area (Å²) in [6.45, 7) is 0. The molecule has 3 aliphatic heterocycles. The van der Waals surface area contributed by atoms with E-state index >= 15 is 0 Å². The molecule has 0 spiro atoms. The minimum absolute atomic E-state index is 0.188. The van der Waals surface area contributed by atoms with Gasteiger partial charge in [-0.2, -0.15) is 0 Å². The van der Waals surface area contributed by atoms with E-state index in [4.69, 9.17) is 19.9 Å². The van der Waals surface area contributed by atoms with Gasteiger partial charge in [-0.05, 0) is 18.2 Å². The number of carbonyl (C=O) groups is 3. The number of nitrogens with two attached hydrogens (primary N) is 1. The molecular weight excluding hydrogens is 420 g/mol. The van der Waals surface area contributed by atoms with E-state index in [1.807, 2.05) is 0 Å². The molecule has 0 aliphatic carbocycles. The average Bonchev–Trinajstić information content (AvgIpc) is 3.02. The fraction of sp³-hybridized carbons (Fsp3) is 0.227. The molecule has 5 rings (SSSR count). The van der Waals surface area contributed by atoms with Crippen molar-refractivity contribution in [2.45, 2.75) is 11.2 Å². The molecule has 3 heterocycles. The molecule has 0 aromatic heterocycles. The molecule has 2 aromatic rings. The van der Waals surface area contributed by atoms with Crippen LogP contribution in [0.3, 0.4) is 0 Å². The second kappa shape index (κ2) is 7.05. The number of hydrogen-bond acceptors (Lipinski definition) is 8. The second-order valence-corrected chi connectivity index (χ2v) is 8.46. The number of nitrogens with zero attached hydrogens (tertiary/aromatic N) is 1. The van der Waals surface area contributed by atoms with Crippen molar-refractivity contribution in [3.8, 4) is 17.2 Å². The van der Waals surface area contributed by atoms with E-state index in [9.17, 15) is 14.4 Å². The van der Waals surface area contributed by atoms with E-state index in [1.54, 1.807) is 42.5 Å². The minimum atomic E-state index is -0.816. The van der Waals surface area contributed by atoms with Gasteiger partial charge in [-0.15, -0.1) is 0 Å². The molecule has 158 valence electrons. The highest BCUT2D eigenvalue weighted by atomic mass is 32.2. The average molecular weight is 438 g/mol. The predicted octanol–water partition coefficient (Wildman–Crippen LogP) is 2.18. The van der Waals surface area contributed by atoms with Crippen LogP contribution >= 0.6 is 11.8 Å². The number of rotatable bonds is 3. The van der Waals surface area contributed by atoms with Crippen LogP contribution in [-0.2, 0) is 14.4 Å². The van der Waals surface area contributed by atoms with Gasteiger partial charge in [-0.3, -0.25) is 9.59 Å². The first kappa shape index (κ1) is 19.5. The maximum Gasteiger partial charge on any atom is 0.342 e. The number of anilines is 1. The largest absolute Gasteiger partial charge is 0.495 e. The number of fused-ring (bicyclic) bond motifs is 5. The van der Waals surface area contributed by atoms with Gasteiger partial charge >= 0.3 is 5.97 Å². The lowest BCUT2D eigenvalue weighted by atomic mass is 9.77. The second-order valence-electron chi connectivity index (χ2n) is 7.27. The highest BCUT2D eigenvalue weighted by Gasteiger charge is 2.59. The first-order valence-electron chi connectivity index (χ1n) is 9.54. The summed E-state index contributed by atoms with van der Waals surface area (Å²) in [4.78, 5) is 41.0. The maximum atomic E-state index is 13.6. The van der Waals surface area contributed by atoms with Crippen LogP contribution in [-0.4, -0.2) is 37.3 Å². The van der Waals surface area contributed by atoms with Crippen molar-refractivity contribution in [3.63, 3.8) is 0 Å². The van der Waals surface area contributed by atoms with Crippen molar-refractivity contribution in [3.05, 3.63) is 58.6 Å². The normalized spacial score (nSPS) is 24.4.